The Morgan fingerprint density at radius 2 is 2.07 bits per heavy atom. The molecule has 6 nitrogen and oxygen atoms in total. The fourth-order valence-corrected chi connectivity index (χ4v) is 4.51. The van der Waals surface area contributed by atoms with E-state index in [1.165, 1.54) is 25.3 Å². The normalized spacial score (nSPS) is 18.9. The predicted octanol–water partition coefficient (Wildman–Crippen LogP) is 4.88. The molecule has 2 saturated carbocycles. The Hall–Kier alpha value is -2.37. The van der Waals surface area contributed by atoms with Crippen LogP contribution in [-0.4, -0.2) is 28.6 Å². The molecule has 0 aliphatic heterocycles. The second kappa shape index (κ2) is 7.33. The molecular formula is C21H28N2O4. The first-order chi connectivity index (χ1) is 12.7. The fraction of sp³-hybridized carbons (Fsp3) is 0.571. The topological polar surface area (TPSA) is 83.7 Å². The van der Waals surface area contributed by atoms with Crippen molar-refractivity contribution in [2.24, 2.45) is 11.3 Å². The van der Waals surface area contributed by atoms with Crippen molar-refractivity contribution in [3.05, 3.63) is 40.0 Å². The smallest absolute Gasteiger partial charge is 0.328 e. The van der Waals surface area contributed by atoms with Gasteiger partial charge in [0.25, 0.3) is 5.69 Å². The minimum Gasteiger partial charge on any atom is -0.478 e. The summed E-state index contributed by atoms with van der Waals surface area (Å²) in [6.45, 7) is 6.70. The van der Waals surface area contributed by atoms with E-state index in [1.807, 2.05) is 0 Å². The van der Waals surface area contributed by atoms with Crippen LogP contribution in [0.4, 0.5) is 11.4 Å². The first-order valence-corrected chi connectivity index (χ1v) is 9.67. The van der Waals surface area contributed by atoms with Gasteiger partial charge < -0.3 is 10.0 Å². The zero-order valence-electron chi connectivity index (χ0n) is 16.3. The molecule has 2 aliphatic carbocycles. The average Bonchev–Trinajstić information content (AvgIpc) is 2.49. The summed E-state index contributed by atoms with van der Waals surface area (Å²) in [4.78, 5) is 24.6. The molecule has 0 saturated heterocycles. The van der Waals surface area contributed by atoms with Gasteiger partial charge >= 0.3 is 5.97 Å². The van der Waals surface area contributed by atoms with Gasteiger partial charge in [0.1, 0.15) is 5.69 Å². The molecule has 1 N–H and O–H groups in total. The zero-order chi connectivity index (χ0) is 19.8. The molecule has 27 heavy (non-hydrogen) atoms. The van der Waals surface area contributed by atoms with E-state index in [0.29, 0.717) is 34.2 Å². The van der Waals surface area contributed by atoms with E-state index in [9.17, 15) is 14.9 Å². The number of nitrogens with zero attached hydrogens (tertiary/aromatic N) is 2. The Labute approximate surface area is 160 Å². The van der Waals surface area contributed by atoms with Gasteiger partial charge in [-0.25, -0.2) is 4.79 Å². The molecule has 0 aromatic heterocycles. The molecule has 3 rings (SSSR count). The van der Waals surface area contributed by atoms with Crippen molar-refractivity contribution in [2.75, 3.05) is 11.4 Å². The van der Waals surface area contributed by atoms with Crippen molar-refractivity contribution in [3.8, 4) is 0 Å². The van der Waals surface area contributed by atoms with Gasteiger partial charge in [-0.05, 0) is 61.1 Å². The van der Waals surface area contributed by atoms with Crippen LogP contribution in [0.2, 0.25) is 0 Å². The lowest BCUT2D eigenvalue weighted by Crippen LogP contribution is -2.55. The number of hydrogen-bond donors (Lipinski definition) is 1. The maximum Gasteiger partial charge on any atom is 0.328 e. The number of hydrogen-bond acceptors (Lipinski definition) is 4. The van der Waals surface area contributed by atoms with Gasteiger partial charge in [0.15, 0.2) is 0 Å². The first kappa shape index (κ1) is 19.4. The third kappa shape index (κ3) is 3.99. The maximum atomic E-state index is 11.8. The third-order valence-corrected chi connectivity index (χ3v) is 6.03. The highest BCUT2D eigenvalue weighted by molar-refractivity contribution is 5.90. The maximum absolute atomic E-state index is 11.8. The molecule has 0 radical (unpaired) electrons. The molecule has 146 valence electrons. The van der Waals surface area contributed by atoms with Gasteiger partial charge in [0, 0.05) is 24.7 Å². The van der Waals surface area contributed by atoms with Crippen LogP contribution in [0.1, 0.15) is 58.4 Å². The number of nitro groups is 1. The summed E-state index contributed by atoms with van der Waals surface area (Å²) >= 11 is 0. The van der Waals surface area contributed by atoms with Gasteiger partial charge in [-0.3, -0.25) is 10.1 Å². The van der Waals surface area contributed by atoms with Crippen LogP contribution < -0.4 is 4.90 Å². The van der Waals surface area contributed by atoms with E-state index in [0.717, 1.165) is 25.5 Å². The van der Waals surface area contributed by atoms with Crippen LogP contribution in [0, 0.1) is 21.4 Å². The van der Waals surface area contributed by atoms with Crippen LogP contribution in [-0.2, 0) is 4.79 Å². The van der Waals surface area contributed by atoms with Gasteiger partial charge in [-0.2, -0.15) is 0 Å². The summed E-state index contributed by atoms with van der Waals surface area (Å²) in [5, 5.41) is 20.7. The van der Waals surface area contributed by atoms with Gasteiger partial charge in [0.2, 0.25) is 0 Å². The van der Waals surface area contributed by atoms with Crippen LogP contribution in [0.25, 0.3) is 5.57 Å². The Balaban J connectivity index is 1.93. The van der Waals surface area contributed by atoms with Gasteiger partial charge in [0.05, 0.1) is 4.92 Å². The molecule has 2 aliphatic rings. The summed E-state index contributed by atoms with van der Waals surface area (Å²) < 4.78 is 0. The van der Waals surface area contributed by atoms with E-state index in [1.54, 1.807) is 19.1 Å². The average molecular weight is 372 g/mol. The van der Waals surface area contributed by atoms with Crippen molar-refractivity contribution in [1.82, 2.24) is 0 Å². The minimum atomic E-state index is -1.05. The Morgan fingerprint density at radius 3 is 2.56 bits per heavy atom. The molecule has 1 spiro atoms. The van der Waals surface area contributed by atoms with E-state index in [2.05, 4.69) is 18.7 Å². The summed E-state index contributed by atoms with van der Waals surface area (Å²) in [7, 11) is 0. The molecule has 0 unspecified atom stereocenters. The molecule has 0 amide bonds. The van der Waals surface area contributed by atoms with Gasteiger partial charge in [-0.15, -0.1) is 0 Å². The highest BCUT2D eigenvalue weighted by Gasteiger charge is 2.50. The number of carboxylic acids is 1. The number of anilines is 1. The first-order valence-electron chi connectivity index (χ1n) is 9.67. The highest BCUT2D eigenvalue weighted by Crippen LogP contribution is 2.58. The number of nitro benzene ring substituents is 1. The number of rotatable bonds is 7. The predicted molar refractivity (Wildman–Crippen MR) is 106 cm³/mol. The number of carboxylic acid groups (broad SMARTS) is 1. The zero-order valence-corrected chi connectivity index (χ0v) is 16.3. The van der Waals surface area contributed by atoms with E-state index < -0.39 is 5.97 Å². The summed E-state index contributed by atoms with van der Waals surface area (Å²) in [5.41, 5.74) is 2.28. The van der Waals surface area contributed by atoms with Crippen LogP contribution in [0.15, 0.2) is 24.3 Å². The second-order valence-corrected chi connectivity index (χ2v) is 8.59. The van der Waals surface area contributed by atoms with E-state index >= 15 is 0 Å². The number of allylic oxidation sites excluding steroid dienone is 1. The van der Waals surface area contributed by atoms with Crippen molar-refractivity contribution < 1.29 is 14.8 Å². The Morgan fingerprint density at radius 1 is 1.41 bits per heavy atom. The molecule has 0 bridgehead atoms. The fourth-order valence-electron chi connectivity index (χ4n) is 4.51. The standard InChI is InChI=1S/C21H28N2O4/c1-14(2)13-22(17-11-21(12-17)7-4-8-21)18-6-5-16(10-19(18)23(26)27)15(3)9-20(24)25/h5-6,9-10,14,17H,4,7-8,11-13H2,1-3H3,(H,24,25)/b15-9-. The van der Waals surface area contributed by atoms with Crippen molar-refractivity contribution in [2.45, 2.75) is 58.9 Å². The summed E-state index contributed by atoms with van der Waals surface area (Å²) in [5.74, 6) is -0.656. The van der Waals surface area contributed by atoms with Crippen molar-refractivity contribution in [3.63, 3.8) is 0 Å². The molecule has 2 fully saturated rings. The second-order valence-electron chi connectivity index (χ2n) is 8.59. The highest BCUT2D eigenvalue weighted by atomic mass is 16.6. The SMILES string of the molecule is C/C(=C/C(=O)O)c1ccc(N(CC(C)C)C2CC3(CCC3)C2)c([N+](=O)[O-])c1. The molecule has 6 heteroatoms. The van der Waals surface area contributed by atoms with Gasteiger partial charge in [-0.1, -0.05) is 26.3 Å². The quantitative estimate of drug-likeness (QED) is 0.419. The molecular weight excluding hydrogens is 344 g/mol. The number of carbonyl (C=O) groups is 1. The monoisotopic (exact) mass is 372 g/mol. The van der Waals surface area contributed by atoms with E-state index in [-0.39, 0.29) is 10.6 Å². The van der Waals surface area contributed by atoms with Crippen LogP contribution in [0.3, 0.4) is 0 Å². The Kier molecular flexibility index (Phi) is 5.27. The lowest BCUT2D eigenvalue weighted by molar-refractivity contribution is -0.384. The number of benzene rings is 1. The molecule has 0 atom stereocenters. The van der Waals surface area contributed by atoms with Crippen molar-refractivity contribution >= 4 is 22.9 Å². The number of aliphatic carboxylic acids is 1. The summed E-state index contributed by atoms with van der Waals surface area (Å²) in [6, 6.07) is 5.45. The molecule has 0 heterocycles. The van der Waals surface area contributed by atoms with E-state index in [4.69, 9.17) is 5.11 Å². The van der Waals surface area contributed by atoms with Crippen LogP contribution in [0.5, 0.6) is 0 Å². The third-order valence-electron chi connectivity index (χ3n) is 6.03. The summed E-state index contributed by atoms with van der Waals surface area (Å²) in [6.07, 6.45) is 7.21. The Bertz CT molecular complexity index is 772. The lowest BCUT2D eigenvalue weighted by Gasteiger charge is -2.57. The van der Waals surface area contributed by atoms with Crippen LogP contribution >= 0.6 is 0 Å². The molecule has 1 aromatic rings. The lowest BCUT2D eigenvalue weighted by atomic mass is 9.53. The minimum absolute atomic E-state index is 0.0563. The van der Waals surface area contributed by atoms with Crippen molar-refractivity contribution in [1.29, 1.82) is 0 Å². The largest absolute Gasteiger partial charge is 0.478 e. The molecule has 1 aromatic carbocycles.